The summed E-state index contributed by atoms with van der Waals surface area (Å²) in [5.41, 5.74) is 2.01. The average Bonchev–Trinajstić information content (AvgIpc) is 2.79. The first kappa shape index (κ1) is 26.5. The zero-order valence-electron chi connectivity index (χ0n) is 19.7. The van der Waals surface area contributed by atoms with Gasteiger partial charge in [-0.05, 0) is 78.1 Å². The maximum absolute atomic E-state index is 12.7. The molecule has 3 aromatic carbocycles. The highest BCUT2D eigenvalue weighted by atomic mass is 32.2. The van der Waals surface area contributed by atoms with Crippen LogP contribution in [0.3, 0.4) is 0 Å². The van der Waals surface area contributed by atoms with Crippen LogP contribution in [0, 0.1) is 6.92 Å². The zero-order chi connectivity index (χ0) is 25.6. The first-order valence-electron chi connectivity index (χ1n) is 11.1. The van der Waals surface area contributed by atoms with Gasteiger partial charge in [0, 0.05) is 16.2 Å². The minimum atomic E-state index is -4.33. The third-order valence-electron chi connectivity index (χ3n) is 5.27. The molecule has 186 valence electrons. The van der Waals surface area contributed by atoms with Gasteiger partial charge in [-0.2, -0.15) is 13.2 Å². The van der Waals surface area contributed by atoms with Crippen molar-refractivity contribution in [3.63, 3.8) is 0 Å². The summed E-state index contributed by atoms with van der Waals surface area (Å²) in [6, 6.07) is 16.7. The van der Waals surface area contributed by atoms with Crippen molar-refractivity contribution in [2.75, 3.05) is 13.2 Å². The topological polar surface area (TPSA) is 55.8 Å². The number of carbonyl (C=O) groups is 1. The maximum Gasteiger partial charge on any atom is 0.416 e. The second-order valence-electron chi connectivity index (χ2n) is 8.36. The van der Waals surface area contributed by atoms with E-state index in [2.05, 4.69) is 0 Å². The first-order valence-corrected chi connectivity index (χ1v) is 11.9. The van der Waals surface area contributed by atoms with Gasteiger partial charge in [0.2, 0.25) is 0 Å². The molecular formula is C27H27F3O4S. The molecule has 0 unspecified atom stereocenters. The lowest BCUT2D eigenvalue weighted by molar-refractivity contribution is -0.139. The molecule has 0 spiro atoms. The van der Waals surface area contributed by atoms with Crippen molar-refractivity contribution < 1.29 is 32.5 Å². The van der Waals surface area contributed by atoms with Crippen molar-refractivity contribution in [2.45, 2.75) is 49.1 Å². The van der Waals surface area contributed by atoms with E-state index in [1.807, 2.05) is 51.1 Å². The molecule has 3 aromatic rings. The molecule has 0 aliphatic rings. The Morgan fingerprint density at radius 3 is 2.14 bits per heavy atom. The molecule has 0 saturated carbocycles. The van der Waals surface area contributed by atoms with Crippen LogP contribution in [-0.2, 0) is 17.4 Å². The smallest absolute Gasteiger partial charge is 0.416 e. The standard InChI is InChI=1S/C27H27F3O4S/c1-17(2)23-15-22(9-11-25(23)34-16-26(31)32)35-21-8-10-24(18(3)14-21)33-13-12-19-4-6-20(7-5-19)27(28,29)30/h4-11,14-15,17H,12-13,16H2,1-3H3,(H,31,32). The molecule has 35 heavy (non-hydrogen) atoms. The first-order chi connectivity index (χ1) is 16.5. The fraction of sp³-hybridized carbons (Fsp3) is 0.296. The summed E-state index contributed by atoms with van der Waals surface area (Å²) < 4.78 is 49.3. The van der Waals surface area contributed by atoms with E-state index >= 15 is 0 Å². The highest BCUT2D eigenvalue weighted by molar-refractivity contribution is 7.99. The lowest BCUT2D eigenvalue weighted by atomic mass is 10.0. The molecule has 0 bridgehead atoms. The van der Waals surface area contributed by atoms with Gasteiger partial charge in [0.15, 0.2) is 6.61 Å². The normalized spacial score (nSPS) is 11.5. The van der Waals surface area contributed by atoms with E-state index < -0.39 is 17.7 Å². The predicted octanol–water partition coefficient (Wildman–Crippen LogP) is 7.37. The molecular weight excluding hydrogens is 477 g/mol. The van der Waals surface area contributed by atoms with Crippen LogP contribution in [0.15, 0.2) is 70.5 Å². The van der Waals surface area contributed by atoms with E-state index in [0.717, 1.165) is 44.4 Å². The van der Waals surface area contributed by atoms with Crippen molar-refractivity contribution >= 4 is 17.7 Å². The number of carboxylic acid groups (broad SMARTS) is 1. The molecule has 8 heteroatoms. The van der Waals surface area contributed by atoms with Gasteiger partial charge in [0.25, 0.3) is 0 Å². The molecule has 0 saturated heterocycles. The van der Waals surface area contributed by atoms with Crippen molar-refractivity contribution in [1.82, 2.24) is 0 Å². The lowest BCUT2D eigenvalue weighted by Gasteiger charge is -2.15. The quantitative estimate of drug-likeness (QED) is 0.312. The summed E-state index contributed by atoms with van der Waals surface area (Å²) in [4.78, 5) is 12.9. The van der Waals surface area contributed by atoms with Crippen molar-refractivity contribution in [2.24, 2.45) is 0 Å². The van der Waals surface area contributed by atoms with Crippen LogP contribution >= 0.6 is 11.8 Å². The summed E-state index contributed by atoms with van der Waals surface area (Å²) in [6.45, 7) is 5.97. The van der Waals surface area contributed by atoms with Gasteiger partial charge in [-0.1, -0.05) is 37.7 Å². The van der Waals surface area contributed by atoms with Crippen LogP contribution in [0.5, 0.6) is 11.5 Å². The molecule has 3 rings (SSSR count). The Morgan fingerprint density at radius 2 is 1.57 bits per heavy atom. The number of benzene rings is 3. The summed E-state index contributed by atoms with van der Waals surface area (Å²) in [7, 11) is 0. The number of alkyl halides is 3. The Morgan fingerprint density at radius 1 is 0.943 bits per heavy atom. The molecule has 0 heterocycles. The maximum atomic E-state index is 12.7. The fourth-order valence-electron chi connectivity index (χ4n) is 3.43. The van der Waals surface area contributed by atoms with Crippen LogP contribution < -0.4 is 9.47 Å². The van der Waals surface area contributed by atoms with Crippen LogP contribution in [0.25, 0.3) is 0 Å². The summed E-state index contributed by atoms with van der Waals surface area (Å²) in [6.07, 6.45) is -3.83. The Balaban J connectivity index is 1.61. The molecule has 4 nitrogen and oxygen atoms in total. The van der Waals surface area contributed by atoms with Crippen molar-refractivity contribution in [3.8, 4) is 11.5 Å². The number of halogens is 3. The average molecular weight is 505 g/mol. The highest BCUT2D eigenvalue weighted by Gasteiger charge is 2.29. The molecule has 0 aliphatic carbocycles. The Hall–Kier alpha value is -3.13. The lowest BCUT2D eigenvalue weighted by Crippen LogP contribution is -2.10. The Labute approximate surface area is 207 Å². The van der Waals surface area contributed by atoms with Gasteiger partial charge in [-0.25, -0.2) is 4.79 Å². The van der Waals surface area contributed by atoms with Gasteiger partial charge in [-0.3, -0.25) is 0 Å². The number of hydrogen-bond acceptors (Lipinski definition) is 4. The molecule has 0 aromatic heterocycles. The number of hydrogen-bond donors (Lipinski definition) is 1. The third-order valence-corrected chi connectivity index (χ3v) is 6.25. The molecule has 0 aliphatic heterocycles. The number of aryl methyl sites for hydroxylation is 1. The second kappa shape index (κ2) is 11.5. The fourth-order valence-corrected chi connectivity index (χ4v) is 4.40. The monoisotopic (exact) mass is 504 g/mol. The van der Waals surface area contributed by atoms with E-state index in [4.69, 9.17) is 14.6 Å². The molecule has 0 atom stereocenters. The molecule has 0 fully saturated rings. The van der Waals surface area contributed by atoms with E-state index in [1.165, 1.54) is 12.1 Å². The van der Waals surface area contributed by atoms with Crippen molar-refractivity contribution in [1.29, 1.82) is 0 Å². The Kier molecular flexibility index (Phi) is 8.72. The predicted molar refractivity (Wildman–Crippen MR) is 130 cm³/mol. The zero-order valence-corrected chi connectivity index (χ0v) is 20.5. The number of carboxylic acids is 1. The highest BCUT2D eigenvalue weighted by Crippen LogP contribution is 2.36. The molecule has 1 N–H and O–H groups in total. The van der Waals surface area contributed by atoms with Gasteiger partial charge in [-0.15, -0.1) is 0 Å². The largest absolute Gasteiger partial charge is 0.493 e. The third kappa shape index (κ3) is 7.68. The molecule has 0 radical (unpaired) electrons. The molecule has 0 amide bonds. The summed E-state index contributed by atoms with van der Waals surface area (Å²) >= 11 is 1.58. The van der Waals surface area contributed by atoms with Gasteiger partial charge in [0.05, 0.1) is 12.2 Å². The van der Waals surface area contributed by atoms with Crippen molar-refractivity contribution in [3.05, 3.63) is 82.9 Å². The van der Waals surface area contributed by atoms with E-state index in [1.54, 1.807) is 17.8 Å². The van der Waals surface area contributed by atoms with E-state index in [-0.39, 0.29) is 12.5 Å². The second-order valence-corrected chi connectivity index (χ2v) is 9.51. The van der Waals surface area contributed by atoms with Gasteiger partial charge >= 0.3 is 12.1 Å². The van der Waals surface area contributed by atoms with E-state index in [9.17, 15) is 18.0 Å². The minimum absolute atomic E-state index is 0.168. The Bertz CT molecular complexity index is 1160. The number of rotatable bonds is 10. The van der Waals surface area contributed by atoms with Crippen LogP contribution in [0.4, 0.5) is 13.2 Å². The summed E-state index contributed by atoms with van der Waals surface area (Å²) in [5.74, 6) is 0.443. The van der Waals surface area contributed by atoms with Gasteiger partial charge < -0.3 is 14.6 Å². The van der Waals surface area contributed by atoms with E-state index in [0.29, 0.717) is 18.8 Å². The minimum Gasteiger partial charge on any atom is -0.493 e. The van der Waals surface area contributed by atoms with Crippen LogP contribution in [0.1, 0.15) is 42.0 Å². The van der Waals surface area contributed by atoms with Crippen LogP contribution in [0.2, 0.25) is 0 Å². The van der Waals surface area contributed by atoms with Gasteiger partial charge in [0.1, 0.15) is 11.5 Å². The summed E-state index contributed by atoms with van der Waals surface area (Å²) in [5, 5.41) is 8.87. The number of aliphatic carboxylic acids is 1. The SMILES string of the molecule is Cc1cc(Sc2ccc(OCC(=O)O)c(C(C)C)c2)ccc1OCCc1ccc(C(F)(F)F)cc1. The number of ether oxygens (including phenoxy) is 2. The van der Waals surface area contributed by atoms with Crippen LogP contribution in [-0.4, -0.2) is 24.3 Å².